The Kier molecular flexibility index (Phi) is 7.33. The Morgan fingerprint density at radius 2 is 1.81 bits per heavy atom. The molecule has 4 rings (SSSR count). The second kappa shape index (κ2) is 10.2. The molecule has 0 bridgehead atoms. The lowest BCUT2D eigenvalue weighted by molar-refractivity contribution is -0.137. The smallest absolute Gasteiger partial charge is 0.416 e. The number of ether oxygens (including phenoxy) is 1. The third-order valence-corrected chi connectivity index (χ3v) is 7.12. The first kappa shape index (κ1) is 22.3. The first-order chi connectivity index (χ1) is 15.0. The van der Waals surface area contributed by atoms with Crippen molar-refractivity contribution in [2.75, 3.05) is 50.0 Å². The van der Waals surface area contributed by atoms with Crippen molar-refractivity contribution in [2.45, 2.75) is 36.8 Å². The number of nitrogens with zero attached hydrogens (tertiary/aromatic N) is 2. The van der Waals surface area contributed by atoms with Crippen LogP contribution in [-0.4, -0.2) is 50.0 Å². The van der Waals surface area contributed by atoms with Crippen molar-refractivity contribution in [3.8, 4) is 5.75 Å². The quantitative estimate of drug-likeness (QED) is 0.501. The minimum atomic E-state index is -4.29. The SMILES string of the molecule is FC(F)(F)c1cccc(N2CCN(CCCCOc3ccc4c(c3)SCCC4)CC2)c1. The fourth-order valence-electron chi connectivity index (χ4n) is 4.15. The van der Waals surface area contributed by atoms with Crippen LogP contribution in [0.1, 0.15) is 30.4 Å². The highest BCUT2D eigenvalue weighted by atomic mass is 32.2. The first-order valence-electron chi connectivity index (χ1n) is 11.0. The number of piperazine rings is 1. The lowest BCUT2D eigenvalue weighted by atomic mass is 10.1. The number of halogens is 3. The standard InChI is InChI=1S/C24H29F3N2OS/c25-24(26,27)20-6-3-7-21(17-20)29-13-11-28(12-14-29)10-1-2-15-30-22-9-8-19-5-4-16-31-23(19)18-22/h3,6-9,17-18H,1-2,4-5,10-16H2. The molecule has 2 aliphatic rings. The zero-order chi connectivity index (χ0) is 21.7. The van der Waals surface area contributed by atoms with Gasteiger partial charge in [0.25, 0.3) is 0 Å². The Morgan fingerprint density at radius 3 is 2.61 bits per heavy atom. The molecule has 7 heteroatoms. The molecule has 3 nitrogen and oxygen atoms in total. The number of unbranched alkanes of at least 4 members (excludes halogenated alkanes) is 1. The van der Waals surface area contributed by atoms with E-state index < -0.39 is 11.7 Å². The molecule has 0 amide bonds. The number of rotatable bonds is 7. The normalized spacial score (nSPS) is 17.5. The van der Waals surface area contributed by atoms with Crippen molar-refractivity contribution < 1.29 is 17.9 Å². The van der Waals surface area contributed by atoms with Crippen LogP contribution in [0.4, 0.5) is 18.9 Å². The molecule has 31 heavy (non-hydrogen) atoms. The van der Waals surface area contributed by atoms with E-state index in [1.165, 1.54) is 41.2 Å². The zero-order valence-electron chi connectivity index (χ0n) is 17.7. The van der Waals surface area contributed by atoms with Gasteiger partial charge in [-0.3, -0.25) is 4.90 Å². The molecule has 2 aromatic rings. The average molecular weight is 451 g/mol. The molecular weight excluding hydrogens is 421 g/mol. The lowest BCUT2D eigenvalue weighted by Crippen LogP contribution is -2.46. The molecule has 1 saturated heterocycles. The molecule has 0 aliphatic carbocycles. The first-order valence-corrected chi connectivity index (χ1v) is 12.0. The molecule has 2 aromatic carbocycles. The summed E-state index contributed by atoms with van der Waals surface area (Å²) in [4.78, 5) is 5.80. The number of anilines is 1. The minimum Gasteiger partial charge on any atom is -0.494 e. The predicted molar refractivity (Wildman–Crippen MR) is 120 cm³/mol. The third-order valence-electron chi connectivity index (χ3n) is 5.93. The Labute approximate surface area is 186 Å². The fraction of sp³-hybridized carbons (Fsp3) is 0.500. The third kappa shape index (κ3) is 6.10. The fourth-order valence-corrected chi connectivity index (χ4v) is 5.21. The van der Waals surface area contributed by atoms with E-state index in [-0.39, 0.29) is 0 Å². The molecule has 0 N–H and O–H groups in total. The van der Waals surface area contributed by atoms with Gasteiger partial charge in [-0.1, -0.05) is 12.1 Å². The highest BCUT2D eigenvalue weighted by molar-refractivity contribution is 7.99. The molecule has 2 heterocycles. The van der Waals surface area contributed by atoms with Gasteiger partial charge in [-0.05, 0) is 73.9 Å². The number of hydrogen-bond donors (Lipinski definition) is 0. The molecule has 2 aliphatic heterocycles. The van der Waals surface area contributed by atoms with Crippen LogP contribution in [0.2, 0.25) is 0 Å². The topological polar surface area (TPSA) is 15.7 Å². The number of alkyl halides is 3. The molecule has 0 spiro atoms. The van der Waals surface area contributed by atoms with Crippen molar-refractivity contribution in [3.63, 3.8) is 0 Å². The van der Waals surface area contributed by atoms with E-state index in [0.717, 1.165) is 57.4 Å². The van der Waals surface area contributed by atoms with Crippen molar-refractivity contribution in [1.29, 1.82) is 0 Å². The van der Waals surface area contributed by atoms with Crippen molar-refractivity contribution in [3.05, 3.63) is 53.6 Å². The second-order valence-electron chi connectivity index (χ2n) is 8.15. The molecule has 1 fully saturated rings. The number of aryl methyl sites for hydroxylation is 1. The summed E-state index contributed by atoms with van der Waals surface area (Å²) in [6, 6.07) is 12.1. The summed E-state index contributed by atoms with van der Waals surface area (Å²) < 4.78 is 44.8. The van der Waals surface area contributed by atoms with E-state index >= 15 is 0 Å². The van der Waals surface area contributed by atoms with Gasteiger partial charge in [-0.2, -0.15) is 13.2 Å². The number of benzene rings is 2. The van der Waals surface area contributed by atoms with Gasteiger partial charge in [0.2, 0.25) is 0 Å². The molecule has 0 atom stereocenters. The van der Waals surface area contributed by atoms with Gasteiger partial charge >= 0.3 is 6.18 Å². The molecule has 0 aromatic heterocycles. The molecule has 0 radical (unpaired) electrons. The second-order valence-corrected chi connectivity index (χ2v) is 9.29. The van der Waals surface area contributed by atoms with Gasteiger partial charge in [-0.25, -0.2) is 0 Å². The number of hydrogen-bond acceptors (Lipinski definition) is 4. The Hall–Kier alpha value is -1.86. The minimum absolute atomic E-state index is 0.579. The predicted octanol–water partition coefficient (Wildman–Crippen LogP) is 5.72. The summed E-state index contributed by atoms with van der Waals surface area (Å²) in [6.07, 6.45) is 0.189. The largest absolute Gasteiger partial charge is 0.494 e. The molecule has 0 saturated carbocycles. The highest BCUT2D eigenvalue weighted by Gasteiger charge is 2.31. The summed E-state index contributed by atoms with van der Waals surface area (Å²) in [7, 11) is 0. The maximum absolute atomic E-state index is 12.9. The van der Waals surface area contributed by atoms with Crippen molar-refractivity contribution in [2.24, 2.45) is 0 Å². The Morgan fingerprint density at radius 1 is 0.968 bits per heavy atom. The van der Waals surface area contributed by atoms with E-state index in [4.69, 9.17) is 4.74 Å². The van der Waals surface area contributed by atoms with Crippen molar-refractivity contribution in [1.82, 2.24) is 4.90 Å². The lowest BCUT2D eigenvalue weighted by Gasteiger charge is -2.36. The maximum atomic E-state index is 12.9. The van der Waals surface area contributed by atoms with E-state index in [1.54, 1.807) is 6.07 Å². The maximum Gasteiger partial charge on any atom is 0.416 e. The molecule has 0 unspecified atom stereocenters. The van der Waals surface area contributed by atoms with Crippen LogP contribution in [0.15, 0.2) is 47.4 Å². The number of thioether (sulfide) groups is 1. The summed E-state index contributed by atoms with van der Waals surface area (Å²) in [6.45, 7) is 4.97. The Bertz CT molecular complexity index is 866. The summed E-state index contributed by atoms with van der Waals surface area (Å²) in [5.41, 5.74) is 1.52. The highest BCUT2D eigenvalue weighted by Crippen LogP contribution is 2.33. The average Bonchev–Trinajstić information content (AvgIpc) is 2.79. The van der Waals surface area contributed by atoms with Gasteiger partial charge in [-0.15, -0.1) is 11.8 Å². The van der Waals surface area contributed by atoms with Gasteiger partial charge in [0, 0.05) is 36.8 Å². The van der Waals surface area contributed by atoms with Crippen molar-refractivity contribution >= 4 is 17.4 Å². The van der Waals surface area contributed by atoms with Gasteiger partial charge < -0.3 is 9.64 Å². The molecular formula is C24H29F3N2OS. The van der Waals surface area contributed by atoms with E-state index in [0.29, 0.717) is 12.3 Å². The number of fused-ring (bicyclic) bond motifs is 1. The summed E-state index contributed by atoms with van der Waals surface area (Å²) in [5, 5.41) is 0. The van der Waals surface area contributed by atoms with Crippen LogP contribution in [-0.2, 0) is 12.6 Å². The summed E-state index contributed by atoms with van der Waals surface area (Å²) in [5.74, 6) is 2.15. The van der Waals surface area contributed by atoms with Crippen LogP contribution in [0.3, 0.4) is 0 Å². The van der Waals surface area contributed by atoms with Crippen LogP contribution in [0.25, 0.3) is 0 Å². The van der Waals surface area contributed by atoms with E-state index in [9.17, 15) is 13.2 Å². The van der Waals surface area contributed by atoms with E-state index in [1.807, 2.05) is 16.7 Å². The van der Waals surface area contributed by atoms with Crippen LogP contribution >= 0.6 is 11.8 Å². The molecule has 168 valence electrons. The summed E-state index contributed by atoms with van der Waals surface area (Å²) >= 11 is 1.92. The van der Waals surface area contributed by atoms with Gasteiger partial charge in [0.1, 0.15) is 5.75 Å². The van der Waals surface area contributed by atoms with Crippen LogP contribution in [0, 0.1) is 0 Å². The zero-order valence-corrected chi connectivity index (χ0v) is 18.5. The Balaban J connectivity index is 1.15. The van der Waals surface area contributed by atoms with E-state index in [2.05, 4.69) is 23.1 Å². The van der Waals surface area contributed by atoms with Crippen LogP contribution < -0.4 is 9.64 Å². The van der Waals surface area contributed by atoms with Crippen LogP contribution in [0.5, 0.6) is 5.75 Å². The van der Waals surface area contributed by atoms with Gasteiger partial charge in [0.05, 0.1) is 12.2 Å². The van der Waals surface area contributed by atoms with Gasteiger partial charge in [0.15, 0.2) is 0 Å². The monoisotopic (exact) mass is 450 g/mol.